The topological polar surface area (TPSA) is 127 Å². The summed E-state index contributed by atoms with van der Waals surface area (Å²) in [5.74, 6) is 0.00625. The molecule has 0 atom stereocenters. The van der Waals surface area contributed by atoms with E-state index in [-0.39, 0.29) is 16.9 Å². The Morgan fingerprint density at radius 2 is 1.96 bits per heavy atom. The van der Waals surface area contributed by atoms with E-state index in [1.54, 1.807) is 12.1 Å². The summed E-state index contributed by atoms with van der Waals surface area (Å²) >= 11 is 6.03. The smallest absolute Gasteiger partial charge is 0.271 e. The van der Waals surface area contributed by atoms with E-state index in [1.807, 2.05) is 0 Å². The SMILES string of the molecule is COc1cc(N/C=C(/C#N)C(=O)Nc2cccc([N+](=O)[O-])c2)c(OC)cc1Cl. The van der Waals surface area contributed by atoms with Gasteiger partial charge in [0.25, 0.3) is 11.6 Å². The molecule has 1 amide bonds. The molecule has 0 unspecified atom stereocenters. The Kier molecular flexibility index (Phi) is 6.79. The summed E-state index contributed by atoms with van der Waals surface area (Å²) in [4.78, 5) is 22.5. The summed E-state index contributed by atoms with van der Waals surface area (Å²) in [5.41, 5.74) is 0.157. The van der Waals surface area contributed by atoms with Gasteiger partial charge in [-0.1, -0.05) is 17.7 Å². The number of hydrogen-bond acceptors (Lipinski definition) is 7. The molecule has 0 aliphatic rings. The Morgan fingerprint density at radius 1 is 1.25 bits per heavy atom. The van der Waals surface area contributed by atoms with Crippen LogP contribution >= 0.6 is 11.6 Å². The molecule has 144 valence electrons. The number of ether oxygens (including phenoxy) is 2. The molecular formula is C18H15ClN4O5. The second-order valence-electron chi connectivity index (χ2n) is 5.26. The number of hydrogen-bond donors (Lipinski definition) is 2. The van der Waals surface area contributed by atoms with Crippen molar-refractivity contribution < 1.29 is 19.2 Å². The molecule has 2 N–H and O–H groups in total. The molecule has 0 bridgehead atoms. The number of halogens is 1. The van der Waals surface area contributed by atoms with E-state index in [4.69, 9.17) is 21.1 Å². The molecule has 2 aromatic carbocycles. The molecule has 0 fully saturated rings. The van der Waals surface area contributed by atoms with E-state index in [0.29, 0.717) is 22.2 Å². The minimum atomic E-state index is -0.740. The van der Waals surface area contributed by atoms with Gasteiger partial charge >= 0.3 is 0 Å². The number of nitro groups is 1. The molecular weight excluding hydrogens is 388 g/mol. The zero-order chi connectivity index (χ0) is 20.7. The molecule has 0 saturated carbocycles. The average molecular weight is 403 g/mol. The summed E-state index contributed by atoms with van der Waals surface area (Å²) < 4.78 is 10.3. The van der Waals surface area contributed by atoms with Crippen molar-refractivity contribution in [2.75, 3.05) is 24.9 Å². The van der Waals surface area contributed by atoms with Crippen LogP contribution in [0, 0.1) is 21.4 Å². The molecule has 0 radical (unpaired) electrons. The fourth-order valence-electron chi connectivity index (χ4n) is 2.17. The van der Waals surface area contributed by atoms with Gasteiger partial charge in [-0.2, -0.15) is 5.26 Å². The monoisotopic (exact) mass is 402 g/mol. The molecule has 2 rings (SSSR count). The van der Waals surface area contributed by atoms with Crippen LogP contribution in [0.4, 0.5) is 17.1 Å². The number of nitrogens with zero attached hydrogens (tertiary/aromatic N) is 2. The van der Waals surface area contributed by atoms with Crippen molar-refractivity contribution in [1.82, 2.24) is 0 Å². The highest BCUT2D eigenvalue weighted by Crippen LogP contribution is 2.35. The van der Waals surface area contributed by atoms with Crippen LogP contribution in [0.25, 0.3) is 0 Å². The number of non-ortho nitro benzene ring substituents is 1. The van der Waals surface area contributed by atoms with Crippen molar-refractivity contribution in [2.45, 2.75) is 0 Å². The van der Waals surface area contributed by atoms with Gasteiger partial charge in [-0.15, -0.1) is 0 Å². The largest absolute Gasteiger partial charge is 0.495 e. The Bertz CT molecular complexity index is 984. The van der Waals surface area contributed by atoms with Gasteiger partial charge < -0.3 is 20.1 Å². The van der Waals surface area contributed by atoms with Gasteiger partial charge in [-0.25, -0.2) is 0 Å². The van der Waals surface area contributed by atoms with Crippen molar-refractivity contribution in [2.24, 2.45) is 0 Å². The van der Waals surface area contributed by atoms with Gasteiger partial charge in [0.15, 0.2) is 0 Å². The fourth-order valence-corrected chi connectivity index (χ4v) is 2.40. The maximum atomic E-state index is 12.3. The molecule has 28 heavy (non-hydrogen) atoms. The third-order valence-electron chi connectivity index (χ3n) is 3.53. The highest BCUT2D eigenvalue weighted by atomic mass is 35.5. The Hall–Kier alpha value is -3.77. The Balaban J connectivity index is 2.22. The van der Waals surface area contributed by atoms with Crippen LogP contribution < -0.4 is 20.1 Å². The lowest BCUT2D eigenvalue weighted by Gasteiger charge is -2.12. The number of nitrogens with one attached hydrogen (secondary N) is 2. The van der Waals surface area contributed by atoms with E-state index in [2.05, 4.69) is 10.6 Å². The van der Waals surface area contributed by atoms with Gasteiger partial charge in [0.05, 0.1) is 29.9 Å². The van der Waals surface area contributed by atoms with E-state index in [9.17, 15) is 20.2 Å². The number of nitriles is 1. The van der Waals surface area contributed by atoms with Crippen LogP contribution in [0.3, 0.4) is 0 Å². The number of anilines is 2. The second kappa shape index (κ2) is 9.25. The van der Waals surface area contributed by atoms with Crippen LogP contribution in [0.1, 0.15) is 0 Å². The van der Waals surface area contributed by atoms with E-state index in [1.165, 1.54) is 50.8 Å². The number of carbonyl (C=O) groups excluding carboxylic acids is 1. The Labute approximate surface area is 165 Å². The number of rotatable bonds is 7. The molecule has 0 spiro atoms. The normalized spacial score (nSPS) is 10.6. The maximum absolute atomic E-state index is 12.3. The zero-order valence-corrected chi connectivity index (χ0v) is 15.6. The van der Waals surface area contributed by atoms with Gasteiger partial charge in [0, 0.05) is 36.2 Å². The van der Waals surface area contributed by atoms with Crippen molar-refractivity contribution in [1.29, 1.82) is 5.26 Å². The minimum Gasteiger partial charge on any atom is -0.495 e. The standard InChI is InChI=1S/C18H15ClN4O5/c1-27-16-8-15(17(28-2)7-14(16)19)21-10-11(9-20)18(24)22-12-4-3-5-13(6-12)23(25)26/h3-8,10,21H,1-2H3,(H,22,24)/b11-10-. The van der Waals surface area contributed by atoms with Crippen molar-refractivity contribution in [3.63, 3.8) is 0 Å². The van der Waals surface area contributed by atoms with Gasteiger partial charge in [-0.05, 0) is 6.07 Å². The highest BCUT2D eigenvalue weighted by molar-refractivity contribution is 6.32. The zero-order valence-electron chi connectivity index (χ0n) is 14.9. The van der Waals surface area contributed by atoms with Crippen molar-refractivity contribution >= 4 is 34.6 Å². The number of benzene rings is 2. The van der Waals surface area contributed by atoms with Gasteiger partial charge in [-0.3, -0.25) is 14.9 Å². The van der Waals surface area contributed by atoms with Crippen LogP contribution in [0.5, 0.6) is 11.5 Å². The molecule has 0 saturated heterocycles. The lowest BCUT2D eigenvalue weighted by molar-refractivity contribution is -0.384. The first kappa shape index (κ1) is 20.5. The van der Waals surface area contributed by atoms with Crippen LogP contribution in [0.15, 0.2) is 48.2 Å². The lowest BCUT2D eigenvalue weighted by Crippen LogP contribution is -2.14. The first-order chi connectivity index (χ1) is 13.4. The molecule has 9 nitrogen and oxygen atoms in total. The maximum Gasteiger partial charge on any atom is 0.271 e. The number of methoxy groups -OCH3 is 2. The summed E-state index contributed by atoms with van der Waals surface area (Å²) in [6.07, 6.45) is 1.18. The predicted octanol–water partition coefficient (Wildman–Crippen LogP) is 3.72. The highest BCUT2D eigenvalue weighted by Gasteiger charge is 2.13. The van der Waals surface area contributed by atoms with E-state index >= 15 is 0 Å². The number of amides is 1. The first-order valence-electron chi connectivity index (χ1n) is 7.73. The van der Waals surface area contributed by atoms with E-state index < -0.39 is 10.8 Å². The molecule has 0 aromatic heterocycles. The number of carbonyl (C=O) groups is 1. The van der Waals surface area contributed by atoms with Crippen LogP contribution in [-0.4, -0.2) is 25.1 Å². The molecule has 0 aliphatic heterocycles. The summed E-state index contributed by atoms with van der Waals surface area (Å²) in [6.45, 7) is 0. The van der Waals surface area contributed by atoms with Gasteiger partial charge in [0.2, 0.25) is 0 Å². The quantitative estimate of drug-likeness (QED) is 0.312. The predicted molar refractivity (Wildman–Crippen MR) is 104 cm³/mol. The lowest BCUT2D eigenvalue weighted by atomic mass is 10.2. The average Bonchev–Trinajstić information content (AvgIpc) is 2.69. The van der Waals surface area contributed by atoms with Crippen LogP contribution in [0.2, 0.25) is 5.02 Å². The van der Waals surface area contributed by atoms with Gasteiger partial charge in [0.1, 0.15) is 23.1 Å². The fraction of sp³-hybridized carbons (Fsp3) is 0.111. The molecule has 0 aliphatic carbocycles. The molecule has 10 heteroatoms. The number of nitro benzene ring substituents is 1. The first-order valence-corrected chi connectivity index (χ1v) is 8.11. The summed E-state index contributed by atoms with van der Waals surface area (Å²) in [5, 5.41) is 25.6. The van der Waals surface area contributed by atoms with Crippen LogP contribution in [-0.2, 0) is 4.79 Å². The Morgan fingerprint density at radius 3 is 2.57 bits per heavy atom. The summed E-state index contributed by atoms with van der Waals surface area (Å²) in [7, 11) is 2.88. The third kappa shape index (κ3) is 4.90. The second-order valence-corrected chi connectivity index (χ2v) is 5.67. The molecule has 0 heterocycles. The molecule has 2 aromatic rings. The minimum absolute atomic E-state index is 0.184. The van der Waals surface area contributed by atoms with Crippen molar-refractivity contribution in [3.05, 3.63) is 63.3 Å². The van der Waals surface area contributed by atoms with E-state index in [0.717, 1.165) is 0 Å². The summed E-state index contributed by atoms with van der Waals surface area (Å²) in [6, 6.07) is 10.2. The third-order valence-corrected chi connectivity index (χ3v) is 3.82. The van der Waals surface area contributed by atoms with Crippen molar-refractivity contribution in [3.8, 4) is 17.6 Å².